The lowest BCUT2D eigenvalue weighted by Crippen LogP contribution is -2.42. The number of para-hydroxylation sites is 1. The van der Waals surface area contributed by atoms with E-state index >= 15 is 0 Å². The number of rotatable bonds is 4. The molecular weight excluding hydrogens is 465 g/mol. The lowest BCUT2D eigenvalue weighted by atomic mass is 9.95. The molecule has 1 heterocycles. The highest BCUT2D eigenvalue weighted by Crippen LogP contribution is 2.32. The highest BCUT2D eigenvalue weighted by molar-refractivity contribution is 14.1. The Labute approximate surface area is 177 Å². The van der Waals surface area contributed by atoms with Crippen molar-refractivity contribution in [3.8, 4) is 0 Å². The molecule has 2 amide bonds. The lowest BCUT2D eigenvalue weighted by Gasteiger charge is -2.16. The normalized spacial score (nSPS) is 13.2. The Hall–Kier alpha value is -2.35. The molecule has 1 aliphatic rings. The van der Waals surface area contributed by atoms with E-state index in [9.17, 15) is 9.59 Å². The summed E-state index contributed by atoms with van der Waals surface area (Å²) in [5.74, 6) is -0.497. The fourth-order valence-corrected chi connectivity index (χ4v) is 4.59. The van der Waals surface area contributed by atoms with Crippen LogP contribution in [0.25, 0.3) is 10.9 Å². The number of hydrogen-bond donors (Lipinski definition) is 2. The summed E-state index contributed by atoms with van der Waals surface area (Å²) in [6.45, 7) is 0.612. The van der Waals surface area contributed by atoms with Gasteiger partial charge in [-0.05, 0) is 72.0 Å². The molecule has 28 heavy (non-hydrogen) atoms. The maximum absolute atomic E-state index is 12.3. The minimum atomic E-state index is -0.304. The summed E-state index contributed by atoms with van der Waals surface area (Å²) in [5.41, 5.74) is 9.61. The Balaban J connectivity index is 1.42. The predicted molar refractivity (Wildman–Crippen MR) is 118 cm³/mol. The maximum atomic E-state index is 12.3. The van der Waals surface area contributed by atoms with Gasteiger partial charge in [-0.1, -0.05) is 30.3 Å². The minimum absolute atomic E-state index is 0.193. The SMILES string of the molecule is O=C(CCn1c2c(c3ccccc31)CCCC2)NNC(=O)c1ccccc1I. The topological polar surface area (TPSA) is 63.1 Å². The van der Waals surface area contributed by atoms with Gasteiger partial charge in [0.25, 0.3) is 5.91 Å². The van der Waals surface area contributed by atoms with Crippen molar-refractivity contribution in [2.45, 2.75) is 38.6 Å². The maximum Gasteiger partial charge on any atom is 0.270 e. The van der Waals surface area contributed by atoms with Gasteiger partial charge in [0.15, 0.2) is 0 Å². The van der Waals surface area contributed by atoms with Gasteiger partial charge in [-0.15, -0.1) is 0 Å². The first-order chi connectivity index (χ1) is 13.6. The Morgan fingerprint density at radius 1 is 0.964 bits per heavy atom. The molecule has 0 saturated heterocycles. The second kappa shape index (κ2) is 8.34. The zero-order valence-corrected chi connectivity index (χ0v) is 17.7. The number of aromatic nitrogens is 1. The molecule has 0 aliphatic heterocycles. The molecule has 2 N–H and O–H groups in total. The van der Waals surface area contributed by atoms with Crippen molar-refractivity contribution < 1.29 is 9.59 Å². The molecule has 0 saturated carbocycles. The van der Waals surface area contributed by atoms with E-state index in [2.05, 4.69) is 56.2 Å². The highest BCUT2D eigenvalue weighted by Gasteiger charge is 2.20. The quantitative estimate of drug-likeness (QED) is 0.432. The second-order valence-electron chi connectivity index (χ2n) is 7.03. The highest BCUT2D eigenvalue weighted by atomic mass is 127. The third kappa shape index (κ3) is 3.78. The van der Waals surface area contributed by atoms with Crippen molar-refractivity contribution >= 4 is 45.3 Å². The van der Waals surface area contributed by atoms with E-state index in [4.69, 9.17) is 0 Å². The molecule has 1 aliphatic carbocycles. The number of hydrogen-bond acceptors (Lipinski definition) is 2. The van der Waals surface area contributed by atoms with E-state index in [1.807, 2.05) is 18.2 Å². The molecule has 3 aromatic rings. The number of nitrogens with one attached hydrogen (secondary N) is 2. The van der Waals surface area contributed by atoms with Crippen LogP contribution in [0.2, 0.25) is 0 Å². The standard InChI is InChI=1S/C22H22IN3O2/c23-18-10-4-1-9-17(18)22(28)25-24-21(27)13-14-26-19-11-5-2-7-15(19)16-8-3-6-12-20(16)26/h1-2,4-5,7,9-11H,3,6,8,12-14H2,(H,24,27)(H,25,28). The van der Waals surface area contributed by atoms with Crippen LogP contribution in [0, 0.1) is 3.57 Å². The summed E-state index contributed by atoms with van der Waals surface area (Å²) in [7, 11) is 0. The van der Waals surface area contributed by atoms with Crippen LogP contribution in [0.5, 0.6) is 0 Å². The van der Waals surface area contributed by atoms with Crippen LogP contribution in [0.4, 0.5) is 0 Å². The minimum Gasteiger partial charge on any atom is -0.344 e. The van der Waals surface area contributed by atoms with Crippen LogP contribution >= 0.6 is 22.6 Å². The number of carbonyl (C=O) groups is 2. The zero-order chi connectivity index (χ0) is 19.5. The second-order valence-corrected chi connectivity index (χ2v) is 8.20. The molecule has 0 radical (unpaired) electrons. The zero-order valence-electron chi connectivity index (χ0n) is 15.5. The van der Waals surface area contributed by atoms with Gasteiger partial charge >= 0.3 is 0 Å². The van der Waals surface area contributed by atoms with E-state index in [1.165, 1.54) is 35.0 Å². The molecule has 0 spiro atoms. The number of carbonyl (C=O) groups excluding carboxylic acids is 2. The summed E-state index contributed by atoms with van der Waals surface area (Å²) in [6, 6.07) is 15.7. The van der Waals surface area contributed by atoms with Crippen LogP contribution in [-0.4, -0.2) is 16.4 Å². The molecule has 144 valence electrons. The number of aryl methyl sites for hydroxylation is 2. The van der Waals surface area contributed by atoms with Crippen molar-refractivity contribution in [3.05, 3.63) is 68.9 Å². The molecule has 6 heteroatoms. The number of benzene rings is 2. The molecule has 0 unspecified atom stereocenters. The van der Waals surface area contributed by atoms with Crippen LogP contribution in [0.15, 0.2) is 48.5 Å². The van der Waals surface area contributed by atoms with Crippen LogP contribution < -0.4 is 10.9 Å². The monoisotopic (exact) mass is 487 g/mol. The van der Waals surface area contributed by atoms with Crippen LogP contribution in [0.1, 0.15) is 40.9 Å². The first-order valence-corrected chi connectivity index (χ1v) is 10.7. The Morgan fingerprint density at radius 2 is 1.71 bits per heavy atom. The molecule has 1 aromatic heterocycles. The molecule has 0 atom stereocenters. The van der Waals surface area contributed by atoms with Gasteiger partial charge in [-0.3, -0.25) is 20.4 Å². The summed E-state index contributed by atoms with van der Waals surface area (Å²) < 4.78 is 3.13. The Kier molecular flexibility index (Phi) is 5.66. The number of amides is 2. The van der Waals surface area contributed by atoms with Crippen molar-refractivity contribution in [3.63, 3.8) is 0 Å². The molecule has 0 bridgehead atoms. The van der Waals surface area contributed by atoms with Gasteiger partial charge in [0, 0.05) is 33.1 Å². The average molecular weight is 487 g/mol. The largest absolute Gasteiger partial charge is 0.344 e. The van der Waals surface area contributed by atoms with Crippen molar-refractivity contribution in [2.24, 2.45) is 0 Å². The van der Waals surface area contributed by atoms with Gasteiger partial charge in [0.1, 0.15) is 0 Å². The van der Waals surface area contributed by atoms with Crippen molar-refractivity contribution in [1.82, 2.24) is 15.4 Å². The van der Waals surface area contributed by atoms with Crippen LogP contribution in [0.3, 0.4) is 0 Å². The smallest absolute Gasteiger partial charge is 0.270 e. The first-order valence-electron chi connectivity index (χ1n) is 9.58. The first kappa shape index (κ1) is 19.0. The van der Waals surface area contributed by atoms with Gasteiger partial charge in [-0.2, -0.15) is 0 Å². The molecule has 2 aromatic carbocycles. The van der Waals surface area contributed by atoms with Crippen molar-refractivity contribution in [1.29, 1.82) is 0 Å². The van der Waals surface area contributed by atoms with Gasteiger partial charge in [0.2, 0.25) is 5.91 Å². The number of halogens is 1. The molecular formula is C22H22IN3O2. The average Bonchev–Trinajstić information content (AvgIpc) is 3.05. The van der Waals surface area contributed by atoms with E-state index in [-0.39, 0.29) is 11.8 Å². The van der Waals surface area contributed by atoms with Gasteiger partial charge < -0.3 is 4.57 Å². The fraction of sp³-hybridized carbons (Fsp3) is 0.273. The van der Waals surface area contributed by atoms with Gasteiger partial charge in [0.05, 0.1) is 5.56 Å². The summed E-state index contributed by atoms with van der Waals surface area (Å²) >= 11 is 2.11. The number of hydrazine groups is 1. The van der Waals surface area contributed by atoms with Crippen molar-refractivity contribution in [2.75, 3.05) is 0 Å². The summed E-state index contributed by atoms with van der Waals surface area (Å²) in [6.07, 6.45) is 4.92. The predicted octanol–water partition coefficient (Wildman–Crippen LogP) is 3.98. The van der Waals surface area contributed by atoms with Gasteiger partial charge in [-0.25, -0.2) is 0 Å². The van der Waals surface area contributed by atoms with Crippen LogP contribution in [-0.2, 0) is 24.2 Å². The lowest BCUT2D eigenvalue weighted by molar-refractivity contribution is -0.122. The third-order valence-corrected chi connectivity index (χ3v) is 6.22. The van der Waals surface area contributed by atoms with E-state index in [1.54, 1.807) is 12.1 Å². The van der Waals surface area contributed by atoms with E-state index in [0.717, 1.165) is 16.4 Å². The third-order valence-electron chi connectivity index (χ3n) is 5.28. The summed E-state index contributed by atoms with van der Waals surface area (Å²) in [5, 5.41) is 1.31. The summed E-state index contributed by atoms with van der Waals surface area (Å²) in [4.78, 5) is 24.6. The number of fused-ring (bicyclic) bond motifs is 3. The Morgan fingerprint density at radius 3 is 2.57 bits per heavy atom. The Bertz CT molecular complexity index is 1040. The number of nitrogens with zero attached hydrogens (tertiary/aromatic N) is 1. The molecule has 5 nitrogen and oxygen atoms in total. The van der Waals surface area contributed by atoms with E-state index < -0.39 is 0 Å². The molecule has 0 fully saturated rings. The fourth-order valence-electron chi connectivity index (χ4n) is 3.96. The molecule has 4 rings (SSSR count). The van der Waals surface area contributed by atoms with E-state index in [0.29, 0.717) is 18.5 Å².